The summed E-state index contributed by atoms with van der Waals surface area (Å²) in [5, 5.41) is 2.03. The smallest absolute Gasteiger partial charge is 0.242 e. The van der Waals surface area contributed by atoms with Crippen LogP contribution in [0.25, 0.3) is 0 Å². The topological polar surface area (TPSA) is 49.9 Å². The molecule has 4 rings (SSSR count). The largest absolute Gasteiger partial charge is 0.376 e. The van der Waals surface area contributed by atoms with Crippen molar-refractivity contribution in [3.05, 3.63) is 58.3 Å². The minimum absolute atomic E-state index is 0.00192. The van der Waals surface area contributed by atoms with Gasteiger partial charge in [-0.25, -0.2) is 0 Å². The molecule has 5 nitrogen and oxygen atoms in total. The summed E-state index contributed by atoms with van der Waals surface area (Å²) in [7, 11) is 0. The number of carbonyl (C=O) groups is 2. The predicted molar refractivity (Wildman–Crippen MR) is 118 cm³/mol. The van der Waals surface area contributed by atoms with Crippen molar-refractivity contribution in [3.8, 4) is 0 Å². The highest BCUT2D eigenvalue weighted by molar-refractivity contribution is 7.09. The Morgan fingerprint density at radius 2 is 1.80 bits per heavy atom. The van der Waals surface area contributed by atoms with E-state index in [0.717, 1.165) is 49.2 Å². The Labute approximate surface area is 182 Å². The summed E-state index contributed by atoms with van der Waals surface area (Å²) in [4.78, 5) is 31.2. The molecule has 6 heteroatoms. The van der Waals surface area contributed by atoms with Gasteiger partial charge in [0, 0.05) is 30.5 Å². The van der Waals surface area contributed by atoms with Crippen LogP contribution in [0.5, 0.6) is 0 Å². The van der Waals surface area contributed by atoms with E-state index in [4.69, 9.17) is 4.74 Å². The number of nitrogens with zero attached hydrogens (tertiary/aromatic N) is 2. The van der Waals surface area contributed by atoms with E-state index in [9.17, 15) is 9.59 Å². The molecule has 0 N–H and O–H groups in total. The van der Waals surface area contributed by atoms with E-state index < -0.39 is 0 Å². The van der Waals surface area contributed by atoms with E-state index in [1.165, 1.54) is 0 Å². The average molecular weight is 427 g/mol. The summed E-state index contributed by atoms with van der Waals surface area (Å²) in [6.45, 7) is 2.52. The van der Waals surface area contributed by atoms with Crippen molar-refractivity contribution >= 4 is 23.2 Å². The molecule has 0 bridgehead atoms. The van der Waals surface area contributed by atoms with Gasteiger partial charge in [-0.2, -0.15) is 0 Å². The number of hydrogen-bond acceptors (Lipinski definition) is 4. The van der Waals surface area contributed by atoms with Gasteiger partial charge in [-0.1, -0.05) is 42.8 Å². The van der Waals surface area contributed by atoms with Crippen molar-refractivity contribution < 1.29 is 14.3 Å². The number of ether oxygens (including phenoxy) is 1. The van der Waals surface area contributed by atoms with Gasteiger partial charge in [-0.3, -0.25) is 9.59 Å². The number of hydrogen-bond donors (Lipinski definition) is 0. The number of thiophene rings is 1. The standard InChI is InChI=1S/C24H30N2O3S/c27-23(18-26(16-21-11-5-13-29-21)24(28)20-9-4-10-20)25(17-22-12-6-14-30-22)15-19-7-2-1-3-8-19/h1-3,6-8,12,14,20-21H,4-5,9-11,13,15-18H2. The summed E-state index contributed by atoms with van der Waals surface area (Å²) in [5.41, 5.74) is 1.10. The first-order chi connectivity index (χ1) is 14.7. The summed E-state index contributed by atoms with van der Waals surface area (Å²) >= 11 is 1.65. The monoisotopic (exact) mass is 426 g/mol. The fourth-order valence-electron chi connectivity index (χ4n) is 4.07. The van der Waals surface area contributed by atoms with Crippen LogP contribution in [0.2, 0.25) is 0 Å². The fourth-order valence-corrected chi connectivity index (χ4v) is 4.79. The normalized spacial score (nSPS) is 18.7. The van der Waals surface area contributed by atoms with E-state index in [0.29, 0.717) is 19.6 Å². The van der Waals surface area contributed by atoms with Crippen molar-refractivity contribution in [1.29, 1.82) is 0 Å². The van der Waals surface area contributed by atoms with E-state index in [1.54, 1.807) is 16.2 Å². The Bertz CT molecular complexity index is 814. The number of amides is 2. The maximum absolute atomic E-state index is 13.4. The molecule has 2 amide bonds. The maximum atomic E-state index is 13.4. The van der Waals surface area contributed by atoms with Crippen LogP contribution in [-0.4, -0.2) is 47.4 Å². The molecule has 160 valence electrons. The van der Waals surface area contributed by atoms with Crippen molar-refractivity contribution in [2.75, 3.05) is 19.7 Å². The highest BCUT2D eigenvalue weighted by Gasteiger charge is 2.33. The van der Waals surface area contributed by atoms with Crippen LogP contribution in [0.3, 0.4) is 0 Å². The average Bonchev–Trinajstić information content (AvgIpc) is 3.40. The van der Waals surface area contributed by atoms with Gasteiger partial charge in [0.05, 0.1) is 19.2 Å². The van der Waals surface area contributed by atoms with Crippen LogP contribution >= 0.6 is 11.3 Å². The second-order valence-corrected chi connectivity index (χ2v) is 9.33. The zero-order chi connectivity index (χ0) is 20.8. The van der Waals surface area contributed by atoms with Crippen molar-refractivity contribution in [2.24, 2.45) is 5.92 Å². The van der Waals surface area contributed by atoms with Crippen molar-refractivity contribution in [1.82, 2.24) is 9.80 Å². The molecule has 30 heavy (non-hydrogen) atoms. The van der Waals surface area contributed by atoms with Gasteiger partial charge >= 0.3 is 0 Å². The summed E-state index contributed by atoms with van der Waals surface area (Å²) in [6.07, 6.45) is 5.04. The van der Waals surface area contributed by atoms with Gasteiger partial charge in [0.1, 0.15) is 0 Å². The lowest BCUT2D eigenvalue weighted by atomic mass is 9.84. The molecule has 1 saturated carbocycles. The Morgan fingerprint density at radius 1 is 0.967 bits per heavy atom. The number of carbonyl (C=O) groups excluding carboxylic acids is 2. The third-order valence-corrected chi connectivity index (χ3v) is 6.90. The minimum atomic E-state index is -0.00192. The van der Waals surface area contributed by atoms with Gasteiger partial charge in [0.15, 0.2) is 0 Å². The lowest BCUT2D eigenvalue weighted by Gasteiger charge is -2.34. The van der Waals surface area contributed by atoms with Crippen LogP contribution in [0.4, 0.5) is 0 Å². The van der Waals surface area contributed by atoms with Gasteiger partial charge < -0.3 is 14.5 Å². The number of benzene rings is 1. The van der Waals surface area contributed by atoms with Gasteiger partial charge in [-0.05, 0) is 42.7 Å². The zero-order valence-corrected chi connectivity index (χ0v) is 18.2. The lowest BCUT2D eigenvalue weighted by molar-refractivity contribution is -0.146. The molecule has 1 atom stereocenters. The third kappa shape index (κ3) is 5.49. The zero-order valence-electron chi connectivity index (χ0n) is 17.4. The van der Waals surface area contributed by atoms with Crippen molar-refractivity contribution in [2.45, 2.75) is 51.3 Å². The Kier molecular flexibility index (Phi) is 7.18. The predicted octanol–water partition coefficient (Wildman–Crippen LogP) is 4.08. The molecule has 1 saturated heterocycles. The molecule has 0 spiro atoms. The van der Waals surface area contributed by atoms with Gasteiger partial charge in [-0.15, -0.1) is 11.3 Å². The Balaban J connectivity index is 1.47. The van der Waals surface area contributed by atoms with Crippen LogP contribution < -0.4 is 0 Å². The van der Waals surface area contributed by atoms with Gasteiger partial charge in [0.2, 0.25) is 11.8 Å². The van der Waals surface area contributed by atoms with Gasteiger partial charge in [0.25, 0.3) is 0 Å². The molecule has 1 aliphatic heterocycles. The summed E-state index contributed by atoms with van der Waals surface area (Å²) < 4.78 is 5.77. The van der Waals surface area contributed by atoms with Crippen LogP contribution in [-0.2, 0) is 27.4 Å². The molecule has 0 radical (unpaired) electrons. The molecule has 2 fully saturated rings. The lowest BCUT2D eigenvalue weighted by Crippen LogP contribution is -2.48. The molecular formula is C24H30N2O3S. The summed E-state index contributed by atoms with van der Waals surface area (Å²) in [6, 6.07) is 14.1. The fraction of sp³-hybridized carbons (Fsp3) is 0.500. The maximum Gasteiger partial charge on any atom is 0.242 e. The highest BCUT2D eigenvalue weighted by atomic mass is 32.1. The first-order valence-corrected chi connectivity index (χ1v) is 11.8. The van der Waals surface area contributed by atoms with E-state index in [-0.39, 0.29) is 30.4 Å². The quantitative estimate of drug-likeness (QED) is 0.607. The molecule has 2 aromatic rings. The van der Waals surface area contributed by atoms with E-state index in [2.05, 4.69) is 6.07 Å². The molecule has 2 aliphatic rings. The SMILES string of the molecule is O=C(CN(CC1CCCO1)C(=O)C1CCC1)N(Cc1ccccc1)Cc1cccs1. The van der Waals surface area contributed by atoms with E-state index >= 15 is 0 Å². The molecule has 1 aliphatic carbocycles. The number of rotatable bonds is 9. The second kappa shape index (κ2) is 10.2. The van der Waals surface area contributed by atoms with Crippen LogP contribution in [0, 0.1) is 5.92 Å². The molecule has 1 aromatic carbocycles. The van der Waals surface area contributed by atoms with E-state index in [1.807, 2.05) is 46.7 Å². The molecule has 2 heterocycles. The molecule has 1 aromatic heterocycles. The van der Waals surface area contributed by atoms with Crippen LogP contribution in [0.15, 0.2) is 47.8 Å². The molecular weight excluding hydrogens is 396 g/mol. The first-order valence-electron chi connectivity index (χ1n) is 10.9. The Hall–Kier alpha value is -2.18. The van der Waals surface area contributed by atoms with Crippen molar-refractivity contribution in [3.63, 3.8) is 0 Å². The minimum Gasteiger partial charge on any atom is -0.376 e. The van der Waals surface area contributed by atoms with Crippen LogP contribution in [0.1, 0.15) is 42.5 Å². The first kappa shape index (κ1) is 21.1. The second-order valence-electron chi connectivity index (χ2n) is 8.30. The summed E-state index contributed by atoms with van der Waals surface area (Å²) in [5.74, 6) is 0.206. The highest BCUT2D eigenvalue weighted by Crippen LogP contribution is 2.29. The Morgan fingerprint density at radius 3 is 2.43 bits per heavy atom. The molecule has 1 unspecified atom stereocenters. The third-order valence-electron chi connectivity index (χ3n) is 6.04.